The highest BCUT2D eigenvalue weighted by Crippen LogP contribution is 2.61. The molecule has 0 aromatic rings. The minimum Gasteiger partial charge on any atom is -0.469 e. The maximum atomic E-state index is 13.7. The topological polar surface area (TPSA) is 430 Å². The maximum absolute atomic E-state index is 13.7. The molecular formula is C43H73O33P4+. The van der Waals surface area contributed by atoms with Crippen LogP contribution in [0.2, 0.25) is 0 Å². The van der Waals surface area contributed by atoms with E-state index in [-0.39, 0.29) is 84.8 Å². The Morgan fingerprint density at radius 3 is 1.10 bits per heavy atom. The van der Waals surface area contributed by atoms with Gasteiger partial charge in [0.05, 0.1) is 99.2 Å². The van der Waals surface area contributed by atoms with Crippen molar-refractivity contribution in [2.24, 2.45) is 11.8 Å². The van der Waals surface area contributed by atoms with Gasteiger partial charge in [0.25, 0.3) is 38.8 Å². The third-order valence-corrected chi connectivity index (χ3v) is 21.1. The van der Waals surface area contributed by atoms with Crippen molar-refractivity contribution in [3.05, 3.63) is 0 Å². The number of carbonyl (C=O) groups excluding carboxylic acids is 12. The van der Waals surface area contributed by atoms with Gasteiger partial charge in [-0.15, -0.1) is 4.52 Å². The van der Waals surface area contributed by atoms with Gasteiger partial charge in [0, 0.05) is 34.9 Å². The second kappa shape index (κ2) is 46.9. The van der Waals surface area contributed by atoms with Gasteiger partial charge in [-0.25, -0.2) is 0 Å². The van der Waals surface area contributed by atoms with Gasteiger partial charge in [-0.05, 0) is 17.4 Å². The number of hydrogen-bond acceptors (Lipinski definition) is 33. The molecule has 0 rings (SSSR count). The van der Waals surface area contributed by atoms with E-state index in [9.17, 15) is 75.8 Å². The molecule has 0 aliphatic rings. The SMILES string of the molecule is COC(=O)C(C)C(C(=O)OC)P(=O)(OC)C(C(=O)OC)C(C)C(=O)OC.COC(=O)CC(C(=O)OC)P(=O)(OC)C(CCOC=O)COC=O.COP(=O)(OC)C(CCOC=O)COC=O.CO[P+](=O)C(CCOC=O)COC=O. The van der Waals surface area contributed by atoms with E-state index in [1.807, 2.05) is 0 Å². The molecule has 0 heterocycles. The smallest absolute Gasteiger partial charge is 0.469 e. The van der Waals surface area contributed by atoms with E-state index in [2.05, 4.69) is 61.4 Å². The first kappa shape index (κ1) is 80.7. The maximum Gasteiger partial charge on any atom is 0.514 e. The van der Waals surface area contributed by atoms with E-state index in [1.165, 1.54) is 35.2 Å². The van der Waals surface area contributed by atoms with Crippen LogP contribution in [0, 0.1) is 11.8 Å². The lowest BCUT2D eigenvalue weighted by atomic mass is 10.1. The number of esters is 6. The first-order valence-electron chi connectivity index (χ1n) is 22.7. The van der Waals surface area contributed by atoms with E-state index in [0.717, 1.165) is 56.9 Å². The van der Waals surface area contributed by atoms with Crippen LogP contribution in [-0.4, -0.2) is 226 Å². The van der Waals surface area contributed by atoms with Crippen molar-refractivity contribution >= 4 is 105 Å². The quantitative estimate of drug-likeness (QED) is 0.0277. The molecule has 0 saturated carbocycles. The fraction of sp³-hybridized carbons (Fsp3) is 0.721. The molecule has 33 nitrogen and oxygen atoms in total. The second-order valence-corrected chi connectivity index (χ2v) is 24.9. The molecule has 0 N–H and O–H groups in total. The molecule has 462 valence electrons. The molecule has 0 spiro atoms. The Hall–Kier alpha value is -5.77. The van der Waals surface area contributed by atoms with Crippen LogP contribution in [0.15, 0.2) is 0 Å². The van der Waals surface area contributed by atoms with E-state index >= 15 is 0 Å². The monoisotopic (exact) mass is 1240 g/mol. The molecule has 0 aromatic heterocycles. The van der Waals surface area contributed by atoms with E-state index in [1.54, 1.807) is 0 Å². The summed E-state index contributed by atoms with van der Waals surface area (Å²) in [5, 5.41) is 0. The zero-order chi connectivity index (χ0) is 62.5. The molecule has 0 fully saturated rings. The van der Waals surface area contributed by atoms with Gasteiger partial charge < -0.3 is 74.9 Å². The lowest BCUT2D eigenvalue weighted by Crippen LogP contribution is -2.43. The zero-order valence-electron chi connectivity index (χ0n) is 46.4. The minimum absolute atomic E-state index is 0.00520. The van der Waals surface area contributed by atoms with Crippen molar-refractivity contribution in [3.8, 4) is 0 Å². The largest absolute Gasteiger partial charge is 0.514 e. The number of rotatable bonds is 41. The fourth-order valence-electron chi connectivity index (χ4n) is 6.54. The van der Waals surface area contributed by atoms with Crippen molar-refractivity contribution in [1.82, 2.24) is 0 Å². The van der Waals surface area contributed by atoms with Crippen LogP contribution in [0.3, 0.4) is 0 Å². The third kappa shape index (κ3) is 28.6. The van der Waals surface area contributed by atoms with Gasteiger partial charge >= 0.3 is 51.4 Å². The molecule has 0 aliphatic heterocycles. The highest BCUT2D eigenvalue weighted by atomic mass is 31.2. The van der Waals surface area contributed by atoms with Gasteiger partial charge in [-0.3, -0.25) is 71.2 Å². The average molecular weight is 1240 g/mol. The van der Waals surface area contributed by atoms with Crippen molar-refractivity contribution in [1.29, 1.82) is 0 Å². The van der Waals surface area contributed by atoms with Crippen molar-refractivity contribution in [2.75, 3.05) is 118 Å². The van der Waals surface area contributed by atoms with Crippen LogP contribution in [0.4, 0.5) is 0 Å². The first-order chi connectivity index (χ1) is 37.9. The van der Waals surface area contributed by atoms with Crippen molar-refractivity contribution < 1.29 is 155 Å². The highest BCUT2D eigenvalue weighted by Gasteiger charge is 2.57. The first-order valence-corrected chi connectivity index (χ1v) is 29.1. The molecule has 80 heavy (non-hydrogen) atoms. The zero-order valence-corrected chi connectivity index (χ0v) is 50.0. The van der Waals surface area contributed by atoms with Crippen LogP contribution in [0.1, 0.15) is 39.5 Å². The Kier molecular flexibility index (Phi) is 47.3. The lowest BCUT2D eigenvalue weighted by Gasteiger charge is -2.33. The third-order valence-electron chi connectivity index (χ3n) is 10.7. The summed E-state index contributed by atoms with van der Waals surface area (Å²) in [5.41, 5.74) is -6.92. The predicted molar refractivity (Wildman–Crippen MR) is 269 cm³/mol. The summed E-state index contributed by atoms with van der Waals surface area (Å²) in [6, 6.07) is 0. The van der Waals surface area contributed by atoms with E-state index in [4.69, 9.17) is 18.1 Å². The summed E-state index contributed by atoms with van der Waals surface area (Å²) >= 11 is 0. The van der Waals surface area contributed by atoms with Gasteiger partial charge in [0.1, 0.15) is 36.8 Å². The summed E-state index contributed by atoms with van der Waals surface area (Å²) in [4.78, 5) is 132. The Balaban J connectivity index is -0.000000496. The van der Waals surface area contributed by atoms with E-state index < -0.39 is 118 Å². The summed E-state index contributed by atoms with van der Waals surface area (Å²) in [6.07, 6.45) is -0.0199. The van der Waals surface area contributed by atoms with Crippen LogP contribution in [0.25, 0.3) is 0 Å². The Labute approximate surface area is 462 Å². The molecule has 0 radical (unpaired) electrons. The summed E-state index contributed by atoms with van der Waals surface area (Å²) < 4.78 is 129. The number of methoxy groups -OCH3 is 6. The highest BCUT2D eigenvalue weighted by molar-refractivity contribution is 7.62. The lowest BCUT2D eigenvalue weighted by molar-refractivity contribution is -0.152. The standard InChI is InChI=1S/C15H25O10P.C13H21O10P.C8H15O7P.C7H12O6P/c1-8(12(16)21-3)10(14(18)23-5)26(20,25-7)11(15(19)24-6)9(2)13(17)22-4;1-19-12(16)6-11(13(17)20-2)24(18,21-3)10(7-23-9-15)4-5-22-8-14;1-12-16(11,13-2)8(5-15-7-10)3-4-14-6-9;1-11-14(10)7(4-13-6-9)2-3-12-5-8/h8-11H,1-7H3;8-11H,4-7H2,1-3H3;6-8H,3-5H2,1-2H3;5-7H,2-4H2,1H3/q;;;+1. The number of hydrogen-bond donors (Lipinski definition) is 0. The van der Waals surface area contributed by atoms with Crippen molar-refractivity contribution in [3.63, 3.8) is 0 Å². The Morgan fingerprint density at radius 1 is 0.425 bits per heavy atom. The number of carbonyl (C=O) groups is 12. The van der Waals surface area contributed by atoms with Crippen LogP contribution < -0.4 is 0 Å². The Bertz CT molecular complexity index is 2000. The molecule has 0 aromatic carbocycles. The summed E-state index contributed by atoms with van der Waals surface area (Å²) in [7, 11) is -1.23. The van der Waals surface area contributed by atoms with Crippen LogP contribution in [-0.2, 0) is 155 Å². The van der Waals surface area contributed by atoms with Crippen LogP contribution in [0.5, 0.6) is 0 Å². The van der Waals surface area contributed by atoms with Crippen LogP contribution >= 0.6 is 30.4 Å². The minimum atomic E-state index is -4.36. The van der Waals surface area contributed by atoms with Gasteiger partial charge in [-0.1, -0.05) is 13.8 Å². The van der Waals surface area contributed by atoms with Crippen molar-refractivity contribution in [2.45, 2.75) is 73.5 Å². The summed E-state index contributed by atoms with van der Waals surface area (Å²) in [5.74, 6) is -8.14. The number of ether oxygens (including phenoxy) is 12. The normalized spacial score (nSPS) is 15.1. The molecule has 0 bridgehead atoms. The Morgan fingerprint density at radius 2 is 0.775 bits per heavy atom. The fourth-order valence-corrected chi connectivity index (χ4v) is 14.5. The molecule has 37 heteroatoms. The molecule has 0 amide bonds. The molecule has 0 saturated heterocycles. The second-order valence-electron chi connectivity index (χ2n) is 14.9. The molecule has 10 atom stereocenters. The average Bonchev–Trinajstić information content (AvgIpc) is 3.47. The summed E-state index contributed by atoms with van der Waals surface area (Å²) in [6.45, 7) is 3.53. The van der Waals surface area contributed by atoms with Gasteiger partial charge in [-0.2, -0.15) is 0 Å². The van der Waals surface area contributed by atoms with Gasteiger partial charge in [0.15, 0.2) is 0 Å². The predicted octanol–water partition coefficient (Wildman–Crippen LogP) is 1.79. The molecule has 0 aliphatic carbocycles. The molecular weight excluding hydrogens is 1170 g/mol. The van der Waals surface area contributed by atoms with Gasteiger partial charge in [0.2, 0.25) is 20.4 Å². The van der Waals surface area contributed by atoms with E-state index in [0.29, 0.717) is 12.9 Å². The molecule has 10 unspecified atom stereocenters.